The zero-order valence-electron chi connectivity index (χ0n) is 20.0. The van der Waals surface area contributed by atoms with E-state index in [0.717, 1.165) is 54.9 Å². The van der Waals surface area contributed by atoms with Crippen LogP contribution >= 0.6 is 11.8 Å². The van der Waals surface area contributed by atoms with Crippen molar-refractivity contribution in [1.29, 1.82) is 0 Å². The normalized spacial score (nSPS) is 18.9. The molecule has 7 nitrogen and oxygen atoms in total. The Labute approximate surface area is 209 Å². The highest BCUT2D eigenvalue weighted by atomic mass is 32.2. The lowest BCUT2D eigenvalue weighted by Gasteiger charge is -2.37. The number of hydrogen-bond donors (Lipinski definition) is 0. The minimum absolute atomic E-state index is 0.114. The van der Waals surface area contributed by atoms with Crippen LogP contribution in [-0.2, 0) is 17.6 Å². The molecule has 1 unspecified atom stereocenters. The molecule has 2 aromatic carbocycles. The molecular weight excluding hydrogens is 463 g/mol. The second kappa shape index (κ2) is 10.8. The number of aromatic nitrogens is 3. The monoisotopic (exact) mass is 494 g/mol. The summed E-state index contributed by atoms with van der Waals surface area (Å²) in [6.45, 7) is 4.17. The van der Waals surface area contributed by atoms with Crippen molar-refractivity contribution in [3.05, 3.63) is 71.8 Å². The van der Waals surface area contributed by atoms with Gasteiger partial charge in [0.1, 0.15) is 5.82 Å². The van der Waals surface area contributed by atoms with Gasteiger partial charge in [0, 0.05) is 44.7 Å². The number of likely N-dealkylation sites (tertiary alicyclic amines) is 1. The molecule has 3 aromatic rings. The van der Waals surface area contributed by atoms with Gasteiger partial charge in [-0.25, -0.2) is 4.39 Å². The van der Waals surface area contributed by atoms with Gasteiger partial charge in [0.15, 0.2) is 11.0 Å². The van der Waals surface area contributed by atoms with E-state index in [-0.39, 0.29) is 17.8 Å². The van der Waals surface area contributed by atoms with Gasteiger partial charge in [-0.15, -0.1) is 10.2 Å². The predicted octanol–water partition coefficient (Wildman–Crippen LogP) is 3.73. The van der Waals surface area contributed by atoms with Crippen molar-refractivity contribution in [3.8, 4) is 0 Å². The first kappa shape index (κ1) is 23.8. The first-order valence-electron chi connectivity index (χ1n) is 12.2. The molecule has 2 fully saturated rings. The quantitative estimate of drug-likeness (QED) is 0.467. The number of carbonyl (C=O) groups excluding carboxylic acids is 1. The number of halogens is 1. The van der Waals surface area contributed by atoms with Crippen LogP contribution in [0.4, 0.5) is 10.1 Å². The zero-order chi connectivity index (χ0) is 24.2. The number of nitrogens with zero attached hydrogens (tertiary/aromatic N) is 6. The Balaban J connectivity index is 1.16. The SMILES string of the molecule is Cn1c(SCc2ccccc2)nnc1C1CCCN1CC(=O)N1CCN(c2ccc(F)cc2)CC1. The Morgan fingerprint density at radius 2 is 1.74 bits per heavy atom. The molecule has 9 heteroatoms. The molecule has 0 saturated carbocycles. The van der Waals surface area contributed by atoms with Gasteiger partial charge in [0.2, 0.25) is 5.91 Å². The summed E-state index contributed by atoms with van der Waals surface area (Å²) in [4.78, 5) is 19.5. The maximum absolute atomic E-state index is 13.2. The van der Waals surface area contributed by atoms with Crippen molar-refractivity contribution in [2.24, 2.45) is 7.05 Å². The molecule has 2 saturated heterocycles. The van der Waals surface area contributed by atoms with E-state index in [9.17, 15) is 9.18 Å². The van der Waals surface area contributed by atoms with E-state index in [4.69, 9.17) is 0 Å². The van der Waals surface area contributed by atoms with E-state index in [1.807, 2.05) is 30.1 Å². The van der Waals surface area contributed by atoms with E-state index < -0.39 is 0 Å². The number of hydrogen-bond acceptors (Lipinski definition) is 6. The lowest BCUT2D eigenvalue weighted by molar-refractivity contribution is -0.133. The molecule has 1 amide bonds. The molecule has 0 bridgehead atoms. The van der Waals surface area contributed by atoms with Crippen LogP contribution in [0.1, 0.15) is 30.3 Å². The maximum atomic E-state index is 13.2. The molecule has 2 aliphatic heterocycles. The van der Waals surface area contributed by atoms with Gasteiger partial charge in [-0.1, -0.05) is 42.1 Å². The molecule has 35 heavy (non-hydrogen) atoms. The van der Waals surface area contributed by atoms with Crippen LogP contribution in [-0.4, -0.2) is 69.7 Å². The number of carbonyl (C=O) groups is 1. The van der Waals surface area contributed by atoms with Crippen LogP contribution in [0.25, 0.3) is 0 Å². The fourth-order valence-electron chi connectivity index (χ4n) is 4.91. The van der Waals surface area contributed by atoms with Crippen LogP contribution in [0, 0.1) is 5.82 Å². The third-order valence-corrected chi connectivity index (χ3v) is 7.99. The van der Waals surface area contributed by atoms with Gasteiger partial charge in [-0.2, -0.15) is 0 Å². The highest BCUT2D eigenvalue weighted by molar-refractivity contribution is 7.98. The van der Waals surface area contributed by atoms with Gasteiger partial charge < -0.3 is 14.4 Å². The Morgan fingerprint density at radius 3 is 2.49 bits per heavy atom. The number of rotatable bonds is 7. The van der Waals surface area contributed by atoms with E-state index >= 15 is 0 Å². The topological polar surface area (TPSA) is 57.5 Å². The number of anilines is 1. The third-order valence-electron chi connectivity index (χ3n) is 6.90. The maximum Gasteiger partial charge on any atom is 0.236 e. The minimum atomic E-state index is -0.229. The Hall–Kier alpha value is -2.91. The van der Waals surface area contributed by atoms with E-state index in [2.05, 4.69) is 36.7 Å². The molecule has 0 N–H and O–H groups in total. The zero-order valence-corrected chi connectivity index (χ0v) is 20.8. The summed E-state index contributed by atoms with van der Waals surface area (Å²) in [6, 6.07) is 17.0. The summed E-state index contributed by atoms with van der Waals surface area (Å²) in [5.74, 6) is 1.72. The van der Waals surface area contributed by atoms with Crippen LogP contribution in [0.5, 0.6) is 0 Å². The standard InChI is InChI=1S/C26H31FN6OS/c1-30-25(28-29-26(30)35-19-20-6-3-2-4-7-20)23-8-5-13-33(23)18-24(34)32-16-14-31(15-17-32)22-11-9-21(27)10-12-22/h2-4,6-7,9-12,23H,5,8,13-19H2,1H3. The second-order valence-electron chi connectivity index (χ2n) is 9.15. The van der Waals surface area contributed by atoms with Crippen LogP contribution in [0.3, 0.4) is 0 Å². The van der Waals surface area contributed by atoms with Gasteiger partial charge >= 0.3 is 0 Å². The summed E-state index contributed by atoms with van der Waals surface area (Å²) in [5.41, 5.74) is 2.26. The largest absolute Gasteiger partial charge is 0.368 e. The highest BCUT2D eigenvalue weighted by Crippen LogP contribution is 2.32. The summed E-state index contributed by atoms with van der Waals surface area (Å²) in [5, 5.41) is 9.87. The average Bonchev–Trinajstić information content (AvgIpc) is 3.49. The summed E-state index contributed by atoms with van der Waals surface area (Å²) in [6.07, 6.45) is 2.04. The average molecular weight is 495 g/mol. The third kappa shape index (κ3) is 5.51. The van der Waals surface area contributed by atoms with Crippen molar-refractivity contribution in [2.75, 3.05) is 44.2 Å². The number of benzene rings is 2. The Bertz CT molecular complexity index is 1130. The van der Waals surface area contributed by atoms with Gasteiger partial charge in [0.05, 0.1) is 12.6 Å². The lowest BCUT2D eigenvalue weighted by Crippen LogP contribution is -2.51. The Kier molecular flexibility index (Phi) is 7.34. The van der Waals surface area contributed by atoms with Crippen molar-refractivity contribution < 1.29 is 9.18 Å². The fraction of sp³-hybridized carbons (Fsp3) is 0.423. The van der Waals surface area contributed by atoms with Gasteiger partial charge in [-0.3, -0.25) is 9.69 Å². The molecule has 184 valence electrons. The summed E-state index contributed by atoms with van der Waals surface area (Å²) in [7, 11) is 2.02. The van der Waals surface area contributed by atoms with E-state index in [1.165, 1.54) is 17.7 Å². The lowest BCUT2D eigenvalue weighted by atomic mass is 10.2. The number of thioether (sulfide) groups is 1. The summed E-state index contributed by atoms with van der Waals surface area (Å²) >= 11 is 1.69. The van der Waals surface area contributed by atoms with Crippen molar-refractivity contribution in [2.45, 2.75) is 29.8 Å². The first-order chi connectivity index (χ1) is 17.1. The molecule has 3 heterocycles. The molecule has 5 rings (SSSR count). The van der Waals surface area contributed by atoms with E-state index in [1.54, 1.807) is 23.9 Å². The number of piperazine rings is 1. The van der Waals surface area contributed by atoms with Crippen molar-refractivity contribution in [3.63, 3.8) is 0 Å². The minimum Gasteiger partial charge on any atom is -0.368 e. The van der Waals surface area contributed by atoms with Crippen molar-refractivity contribution in [1.82, 2.24) is 24.6 Å². The summed E-state index contributed by atoms with van der Waals surface area (Å²) < 4.78 is 15.3. The number of amides is 1. The molecular formula is C26H31FN6OS. The molecule has 2 aliphatic rings. The molecule has 1 atom stereocenters. The Morgan fingerprint density at radius 1 is 1.00 bits per heavy atom. The first-order valence-corrected chi connectivity index (χ1v) is 13.2. The van der Waals surface area contributed by atoms with Gasteiger partial charge in [-0.05, 0) is 49.2 Å². The van der Waals surface area contributed by atoms with Gasteiger partial charge in [0.25, 0.3) is 0 Å². The van der Waals surface area contributed by atoms with Crippen molar-refractivity contribution >= 4 is 23.4 Å². The fourth-order valence-corrected chi connectivity index (χ4v) is 5.79. The second-order valence-corrected chi connectivity index (χ2v) is 10.1. The molecule has 0 radical (unpaired) electrons. The van der Waals surface area contributed by atoms with Crippen LogP contribution in [0.15, 0.2) is 59.8 Å². The molecule has 1 aromatic heterocycles. The predicted molar refractivity (Wildman–Crippen MR) is 136 cm³/mol. The molecule has 0 spiro atoms. The smallest absolute Gasteiger partial charge is 0.236 e. The van der Waals surface area contributed by atoms with Crippen LogP contribution < -0.4 is 4.90 Å². The molecule has 0 aliphatic carbocycles. The highest BCUT2D eigenvalue weighted by Gasteiger charge is 2.33. The van der Waals surface area contributed by atoms with E-state index in [0.29, 0.717) is 19.6 Å². The van der Waals surface area contributed by atoms with Crippen LogP contribution in [0.2, 0.25) is 0 Å².